The van der Waals surface area contributed by atoms with Gasteiger partial charge in [-0.3, -0.25) is 4.79 Å². The Morgan fingerprint density at radius 2 is 2.04 bits per heavy atom. The van der Waals surface area contributed by atoms with Crippen molar-refractivity contribution in [2.24, 2.45) is 5.92 Å². The van der Waals surface area contributed by atoms with Gasteiger partial charge in [0.15, 0.2) is 5.13 Å². The third-order valence-corrected chi connectivity index (χ3v) is 5.02. The average molecular weight is 351 g/mol. The van der Waals surface area contributed by atoms with Crippen LogP contribution in [0.25, 0.3) is 11.3 Å². The van der Waals surface area contributed by atoms with Crippen molar-refractivity contribution in [3.05, 3.63) is 53.8 Å². The molecule has 7 heteroatoms. The van der Waals surface area contributed by atoms with E-state index in [4.69, 9.17) is 0 Å². The van der Waals surface area contributed by atoms with Gasteiger partial charge in [0, 0.05) is 30.1 Å². The number of nitrogens with one attached hydrogen (secondary N) is 1. The maximum atomic E-state index is 12.3. The largest absolute Gasteiger partial charge is 0.355 e. The first-order chi connectivity index (χ1) is 12.2. The highest BCUT2D eigenvalue weighted by Crippen LogP contribution is 2.27. The highest BCUT2D eigenvalue weighted by atomic mass is 32.1. The zero-order chi connectivity index (χ0) is 17.2. The molecule has 1 aliphatic rings. The summed E-state index contributed by atoms with van der Waals surface area (Å²) in [6.07, 6.45) is 1.57. The Hall–Kier alpha value is -2.80. The summed E-state index contributed by atoms with van der Waals surface area (Å²) in [7, 11) is 0. The molecular formula is C18H17N5OS. The number of carbonyl (C=O) groups is 1. The Bertz CT molecular complexity index is 889. The molecule has 0 unspecified atom stereocenters. The number of amides is 1. The zero-order valence-electron chi connectivity index (χ0n) is 13.7. The smallest absolute Gasteiger partial charge is 0.232 e. The van der Waals surface area contributed by atoms with Gasteiger partial charge in [0.05, 0.1) is 17.3 Å². The van der Waals surface area contributed by atoms with Crippen LogP contribution in [0.15, 0.2) is 48.1 Å². The Balaban J connectivity index is 1.40. The molecule has 6 nitrogen and oxygen atoms in total. The van der Waals surface area contributed by atoms with Crippen molar-refractivity contribution >= 4 is 28.2 Å². The van der Waals surface area contributed by atoms with Gasteiger partial charge in [-0.25, -0.2) is 15.0 Å². The average Bonchev–Trinajstić information content (AvgIpc) is 2.99. The van der Waals surface area contributed by atoms with Gasteiger partial charge in [-0.15, -0.1) is 11.3 Å². The normalized spacial score (nSPS) is 14.2. The quantitative estimate of drug-likeness (QED) is 0.782. The number of rotatable bonds is 4. The van der Waals surface area contributed by atoms with Crippen molar-refractivity contribution < 1.29 is 4.79 Å². The molecule has 0 aliphatic carbocycles. The maximum Gasteiger partial charge on any atom is 0.232 e. The molecule has 25 heavy (non-hydrogen) atoms. The van der Waals surface area contributed by atoms with Crippen molar-refractivity contribution in [2.75, 3.05) is 23.3 Å². The molecule has 1 saturated heterocycles. The van der Waals surface area contributed by atoms with Gasteiger partial charge in [-0.05, 0) is 6.92 Å². The first kappa shape index (κ1) is 15.7. The van der Waals surface area contributed by atoms with Gasteiger partial charge in [0.2, 0.25) is 5.91 Å². The minimum absolute atomic E-state index is 0.0166. The molecule has 0 atom stereocenters. The number of carbonyl (C=O) groups excluding carboxylic acids is 1. The molecule has 1 N–H and O–H groups in total. The summed E-state index contributed by atoms with van der Waals surface area (Å²) >= 11 is 1.45. The van der Waals surface area contributed by atoms with E-state index in [2.05, 4.69) is 25.2 Å². The Morgan fingerprint density at radius 1 is 1.24 bits per heavy atom. The van der Waals surface area contributed by atoms with E-state index in [1.54, 1.807) is 6.33 Å². The third kappa shape index (κ3) is 3.36. The molecule has 3 aromatic rings. The van der Waals surface area contributed by atoms with Gasteiger partial charge in [0.25, 0.3) is 0 Å². The molecule has 1 fully saturated rings. The van der Waals surface area contributed by atoms with Gasteiger partial charge < -0.3 is 10.2 Å². The van der Waals surface area contributed by atoms with Crippen LogP contribution in [0.3, 0.4) is 0 Å². The summed E-state index contributed by atoms with van der Waals surface area (Å²) < 4.78 is 0. The summed E-state index contributed by atoms with van der Waals surface area (Å²) in [5.41, 5.74) is 2.86. The number of hydrogen-bond donors (Lipinski definition) is 1. The number of anilines is 2. The van der Waals surface area contributed by atoms with Crippen LogP contribution in [-0.4, -0.2) is 33.9 Å². The fourth-order valence-corrected chi connectivity index (χ4v) is 3.43. The van der Waals surface area contributed by atoms with Gasteiger partial charge in [0.1, 0.15) is 12.1 Å². The van der Waals surface area contributed by atoms with Crippen LogP contribution < -0.4 is 10.2 Å². The summed E-state index contributed by atoms with van der Waals surface area (Å²) in [4.78, 5) is 27.3. The third-order valence-electron chi connectivity index (χ3n) is 4.15. The van der Waals surface area contributed by atoms with E-state index in [1.165, 1.54) is 11.3 Å². The molecule has 0 saturated carbocycles. The van der Waals surface area contributed by atoms with E-state index in [-0.39, 0.29) is 11.8 Å². The monoisotopic (exact) mass is 351 g/mol. The van der Waals surface area contributed by atoms with Crippen molar-refractivity contribution in [2.45, 2.75) is 6.92 Å². The Labute approximate surface area is 149 Å². The second-order valence-electron chi connectivity index (χ2n) is 6.01. The van der Waals surface area contributed by atoms with Crippen LogP contribution in [0.2, 0.25) is 0 Å². The molecular weight excluding hydrogens is 334 g/mol. The highest BCUT2D eigenvalue weighted by molar-refractivity contribution is 7.13. The van der Waals surface area contributed by atoms with Crippen LogP contribution in [0.4, 0.5) is 10.9 Å². The van der Waals surface area contributed by atoms with Crippen LogP contribution in [-0.2, 0) is 4.79 Å². The van der Waals surface area contributed by atoms with E-state index in [0.717, 1.165) is 22.8 Å². The van der Waals surface area contributed by atoms with Crippen molar-refractivity contribution in [1.29, 1.82) is 0 Å². The maximum absolute atomic E-state index is 12.3. The molecule has 2 aromatic heterocycles. The molecule has 0 bridgehead atoms. The number of aromatic nitrogens is 3. The summed E-state index contributed by atoms with van der Waals surface area (Å²) in [5.74, 6) is 0.824. The topological polar surface area (TPSA) is 71.0 Å². The van der Waals surface area contributed by atoms with Crippen LogP contribution in [0.5, 0.6) is 0 Å². The summed E-state index contributed by atoms with van der Waals surface area (Å²) in [6, 6.07) is 12.0. The first-order valence-corrected chi connectivity index (χ1v) is 8.92. The molecule has 126 valence electrons. The van der Waals surface area contributed by atoms with Crippen LogP contribution in [0, 0.1) is 12.8 Å². The lowest BCUT2D eigenvalue weighted by Crippen LogP contribution is -2.52. The molecule has 0 spiro atoms. The van der Waals surface area contributed by atoms with Gasteiger partial charge in [-0.2, -0.15) is 0 Å². The molecule has 4 rings (SSSR count). The van der Waals surface area contributed by atoms with Crippen molar-refractivity contribution in [3.63, 3.8) is 0 Å². The molecule has 0 radical (unpaired) electrons. The first-order valence-electron chi connectivity index (χ1n) is 8.04. The fourth-order valence-electron chi connectivity index (χ4n) is 2.74. The van der Waals surface area contributed by atoms with E-state index in [0.29, 0.717) is 18.2 Å². The summed E-state index contributed by atoms with van der Waals surface area (Å²) in [6.45, 7) is 3.22. The number of hydrogen-bond acceptors (Lipinski definition) is 6. The minimum atomic E-state index is -0.0423. The molecule has 1 amide bonds. The van der Waals surface area contributed by atoms with E-state index in [1.807, 2.05) is 48.7 Å². The molecule has 1 aromatic carbocycles. The second kappa shape index (κ2) is 6.60. The molecule has 3 heterocycles. The van der Waals surface area contributed by atoms with Crippen molar-refractivity contribution in [3.8, 4) is 11.3 Å². The lowest BCUT2D eigenvalue weighted by molar-refractivity contribution is -0.120. The number of aryl methyl sites for hydroxylation is 1. The predicted molar refractivity (Wildman–Crippen MR) is 98.7 cm³/mol. The minimum Gasteiger partial charge on any atom is -0.355 e. The van der Waals surface area contributed by atoms with E-state index >= 15 is 0 Å². The zero-order valence-corrected chi connectivity index (χ0v) is 14.5. The highest BCUT2D eigenvalue weighted by Gasteiger charge is 2.34. The number of nitrogens with zero attached hydrogens (tertiary/aromatic N) is 4. The lowest BCUT2D eigenvalue weighted by atomic mass is 9.99. The van der Waals surface area contributed by atoms with Crippen molar-refractivity contribution in [1.82, 2.24) is 15.0 Å². The SMILES string of the molecule is Cc1csc(NC(=O)C2CN(c3cc(-c4ccccc4)ncn3)C2)n1. The van der Waals surface area contributed by atoms with E-state index in [9.17, 15) is 4.79 Å². The predicted octanol–water partition coefficient (Wildman–Crippen LogP) is 2.98. The molecule has 1 aliphatic heterocycles. The van der Waals surface area contributed by atoms with E-state index < -0.39 is 0 Å². The van der Waals surface area contributed by atoms with Gasteiger partial charge in [-0.1, -0.05) is 30.3 Å². The Morgan fingerprint density at radius 3 is 2.76 bits per heavy atom. The standard InChI is InChI=1S/C18H17N5OS/c1-12-10-25-18(21-12)22-17(24)14-8-23(9-14)16-7-15(19-11-20-16)13-5-3-2-4-6-13/h2-7,10-11,14H,8-9H2,1H3,(H,21,22,24). The second-order valence-corrected chi connectivity index (χ2v) is 6.87. The van der Waals surface area contributed by atoms with Crippen LogP contribution in [0.1, 0.15) is 5.69 Å². The lowest BCUT2D eigenvalue weighted by Gasteiger charge is -2.38. The fraction of sp³-hybridized carbons (Fsp3) is 0.222. The van der Waals surface area contributed by atoms with Gasteiger partial charge >= 0.3 is 0 Å². The summed E-state index contributed by atoms with van der Waals surface area (Å²) in [5, 5.41) is 5.47. The Kier molecular flexibility index (Phi) is 4.15. The number of benzene rings is 1. The van der Waals surface area contributed by atoms with Crippen LogP contribution >= 0.6 is 11.3 Å². The number of thiazole rings is 1.